The first-order valence-electron chi connectivity index (χ1n) is 19.9. The second-order valence-electron chi connectivity index (χ2n) is 16.0. The van der Waals surface area contributed by atoms with Crippen LogP contribution >= 0.6 is 11.3 Å². The van der Waals surface area contributed by atoms with Crippen molar-refractivity contribution >= 4 is 80.5 Å². The number of thiophene rings is 1. The zero-order valence-corrected chi connectivity index (χ0v) is 33.1. The van der Waals surface area contributed by atoms with Crippen molar-refractivity contribution in [2.24, 2.45) is 0 Å². The van der Waals surface area contributed by atoms with E-state index in [1.54, 1.807) is 0 Å². The van der Waals surface area contributed by atoms with E-state index in [-0.39, 0.29) is 5.41 Å². The van der Waals surface area contributed by atoms with E-state index in [2.05, 4.69) is 197 Å². The van der Waals surface area contributed by atoms with Gasteiger partial charge in [0.1, 0.15) is 0 Å². The molecule has 0 unspecified atom stereocenters. The summed E-state index contributed by atoms with van der Waals surface area (Å²) in [5.41, 5.74) is 12.2. The van der Waals surface area contributed by atoms with Gasteiger partial charge in [-0.1, -0.05) is 177 Å². The van der Waals surface area contributed by atoms with Crippen molar-refractivity contribution in [3.05, 3.63) is 209 Å². The Bertz CT molecular complexity index is 3000. The first-order valence-corrected chi connectivity index (χ1v) is 20.7. The summed E-state index contributed by atoms with van der Waals surface area (Å²) in [5.74, 6) is 0. The van der Waals surface area contributed by atoms with Crippen LogP contribution in [-0.2, 0) is 11.8 Å². The lowest BCUT2D eigenvalue weighted by molar-refractivity contribution is 0.649. The summed E-state index contributed by atoms with van der Waals surface area (Å²) in [6, 6.07) is 47.4. The van der Waals surface area contributed by atoms with Gasteiger partial charge in [-0.25, -0.2) is 0 Å². The minimum absolute atomic E-state index is 0.0871. The van der Waals surface area contributed by atoms with Crippen LogP contribution in [0.5, 0.6) is 0 Å². The van der Waals surface area contributed by atoms with Crippen molar-refractivity contribution in [3.8, 4) is 0 Å². The number of fused-ring (bicyclic) bond motifs is 8. The van der Waals surface area contributed by atoms with E-state index in [0.717, 1.165) is 19.3 Å². The van der Waals surface area contributed by atoms with E-state index in [1.807, 2.05) is 11.3 Å². The van der Waals surface area contributed by atoms with Crippen LogP contribution in [0, 0.1) is 0 Å². The molecule has 1 aromatic heterocycles. The van der Waals surface area contributed by atoms with Crippen LogP contribution < -0.4 is 0 Å². The first kappa shape index (κ1) is 34.5. The summed E-state index contributed by atoms with van der Waals surface area (Å²) in [6.45, 7) is 7.16. The van der Waals surface area contributed by atoms with Gasteiger partial charge in [-0.2, -0.15) is 0 Å². The van der Waals surface area contributed by atoms with E-state index < -0.39 is 0 Å². The Hall–Kier alpha value is -6.02. The summed E-state index contributed by atoms with van der Waals surface area (Å²) < 4.78 is 2.73. The first-order chi connectivity index (χ1) is 27.5. The number of rotatable bonds is 4. The van der Waals surface area contributed by atoms with Gasteiger partial charge in [0.05, 0.1) is 0 Å². The highest BCUT2D eigenvalue weighted by molar-refractivity contribution is 7.25. The van der Waals surface area contributed by atoms with Crippen molar-refractivity contribution in [1.82, 2.24) is 0 Å². The second-order valence-corrected chi connectivity index (χ2v) is 17.1. The van der Waals surface area contributed by atoms with E-state index in [9.17, 15) is 0 Å². The van der Waals surface area contributed by atoms with Gasteiger partial charge in [0.25, 0.3) is 0 Å². The molecule has 10 rings (SSSR count). The molecule has 0 spiro atoms. The Balaban J connectivity index is 1.09. The molecule has 0 aliphatic heterocycles. The van der Waals surface area contributed by atoms with Crippen molar-refractivity contribution in [1.29, 1.82) is 0 Å². The Morgan fingerprint density at radius 3 is 1.95 bits per heavy atom. The highest BCUT2D eigenvalue weighted by atomic mass is 32.1. The van der Waals surface area contributed by atoms with Gasteiger partial charge in [-0.3, -0.25) is 0 Å². The molecule has 8 aromatic rings. The fourth-order valence-electron chi connectivity index (χ4n) is 9.47. The monoisotopic (exact) mass is 736 g/mol. The quantitative estimate of drug-likeness (QED) is 0.158. The Kier molecular flexibility index (Phi) is 8.57. The standard InChI is InChI=1S/C55H44S/c1-36(27-32-42-33-41-31-30-40-34-51-49(35-48(40)54(41)55(42,2)3)43-21-15-16-26-50(43)56-51)52-44-22-11-13-24-46(44)53(47-25-14-12-23-45(47)52)39-20-8-5-4-7-19-38(28-29-39)37-17-9-6-10-18-37/h4-18,21-32,34-35H,19-20,33H2,1-3H3/b7-4-,8-5-,36-27+,38-28+,39-29+,42-32+. The maximum Gasteiger partial charge on any atom is 0.0361 e. The molecule has 0 saturated heterocycles. The highest BCUT2D eigenvalue weighted by Gasteiger charge is 2.36. The molecule has 0 nitrogen and oxygen atoms in total. The summed E-state index contributed by atoms with van der Waals surface area (Å²) in [6.07, 6.45) is 21.2. The summed E-state index contributed by atoms with van der Waals surface area (Å²) in [4.78, 5) is 0. The van der Waals surface area contributed by atoms with E-state index in [0.29, 0.717) is 0 Å². The fourth-order valence-corrected chi connectivity index (χ4v) is 10.6. The molecule has 0 atom stereocenters. The minimum Gasteiger partial charge on any atom is -0.135 e. The molecule has 0 radical (unpaired) electrons. The largest absolute Gasteiger partial charge is 0.135 e. The maximum absolute atomic E-state index is 2.48. The third kappa shape index (κ3) is 5.81. The van der Waals surface area contributed by atoms with Crippen LogP contribution in [0.3, 0.4) is 0 Å². The van der Waals surface area contributed by atoms with Gasteiger partial charge in [0.15, 0.2) is 0 Å². The number of hydrogen-bond acceptors (Lipinski definition) is 1. The minimum atomic E-state index is -0.0871. The van der Waals surface area contributed by atoms with Crippen LogP contribution in [0.4, 0.5) is 0 Å². The third-order valence-corrected chi connectivity index (χ3v) is 13.4. The Morgan fingerprint density at radius 2 is 1.21 bits per heavy atom. The van der Waals surface area contributed by atoms with Gasteiger partial charge >= 0.3 is 0 Å². The predicted molar refractivity (Wildman–Crippen MR) is 247 cm³/mol. The third-order valence-electron chi connectivity index (χ3n) is 12.3. The van der Waals surface area contributed by atoms with Gasteiger partial charge in [0, 0.05) is 25.6 Å². The number of hydrogen-bond donors (Lipinski definition) is 0. The molecular formula is C55H44S. The second kappa shape index (κ2) is 13.9. The number of allylic oxidation sites excluding steroid dienone is 12. The van der Waals surface area contributed by atoms with Gasteiger partial charge < -0.3 is 0 Å². The van der Waals surface area contributed by atoms with Crippen LogP contribution in [0.1, 0.15) is 61.4 Å². The SMILES string of the molecule is C/C(=C\C=C1/Cc2ccc3cc4sc5ccccc5c4cc3c2C1(C)C)c1c2ccccc2c(/C2=C/C=C(/c3ccccc3)C/C=C\C=C/C2)c2ccccc12. The molecule has 0 fully saturated rings. The average molecular weight is 737 g/mol. The van der Waals surface area contributed by atoms with Crippen molar-refractivity contribution in [2.45, 2.75) is 45.4 Å². The molecule has 0 N–H and O–H groups in total. The van der Waals surface area contributed by atoms with Gasteiger partial charge in [-0.15, -0.1) is 11.3 Å². The topological polar surface area (TPSA) is 0 Å². The fraction of sp³-hybridized carbons (Fsp3) is 0.127. The molecule has 0 saturated carbocycles. The van der Waals surface area contributed by atoms with Crippen LogP contribution in [0.25, 0.3) is 69.2 Å². The lowest BCUT2D eigenvalue weighted by Gasteiger charge is -2.24. The molecule has 1 heterocycles. The van der Waals surface area contributed by atoms with E-state index in [1.165, 1.54) is 103 Å². The van der Waals surface area contributed by atoms with Crippen molar-refractivity contribution in [2.75, 3.05) is 0 Å². The van der Waals surface area contributed by atoms with E-state index in [4.69, 9.17) is 0 Å². The number of benzene rings is 7. The van der Waals surface area contributed by atoms with Crippen LogP contribution in [0.15, 0.2) is 182 Å². The normalized spacial score (nSPS) is 19.6. The lowest BCUT2D eigenvalue weighted by Crippen LogP contribution is -2.15. The maximum atomic E-state index is 2.48. The molecule has 2 aliphatic carbocycles. The smallest absolute Gasteiger partial charge is 0.0361 e. The lowest BCUT2D eigenvalue weighted by atomic mass is 9.80. The van der Waals surface area contributed by atoms with E-state index >= 15 is 0 Å². The van der Waals surface area contributed by atoms with Crippen molar-refractivity contribution in [3.63, 3.8) is 0 Å². The highest BCUT2D eigenvalue weighted by Crippen LogP contribution is 2.48. The average Bonchev–Trinajstić information content (AvgIpc) is 3.72. The Morgan fingerprint density at radius 1 is 0.589 bits per heavy atom. The Labute approximate surface area is 333 Å². The zero-order valence-electron chi connectivity index (χ0n) is 32.3. The molecular weight excluding hydrogens is 693 g/mol. The molecule has 7 aromatic carbocycles. The predicted octanol–water partition coefficient (Wildman–Crippen LogP) is 15.8. The molecule has 1 heteroatoms. The molecule has 0 amide bonds. The zero-order chi connectivity index (χ0) is 37.8. The molecule has 270 valence electrons. The summed E-state index contributed by atoms with van der Waals surface area (Å²) >= 11 is 1.90. The molecule has 56 heavy (non-hydrogen) atoms. The van der Waals surface area contributed by atoms with Gasteiger partial charge in [-0.05, 0) is 121 Å². The summed E-state index contributed by atoms with van der Waals surface area (Å²) in [5, 5.41) is 10.7. The molecule has 0 bridgehead atoms. The van der Waals surface area contributed by atoms with Crippen LogP contribution in [0.2, 0.25) is 0 Å². The van der Waals surface area contributed by atoms with Crippen molar-refractivity contribution < 1.29 is 0 Å². The van der Waals surface area contributed by atoms with Gasteiger partial charge in [0.2, 0.25) is 0 Å². The molecule has 2 aliphatic rings. The summed E-state index contributed by atoms with van der Waals surface area (Å²) in [7, 11) is 0. The van der Waals surface area contributed by atoms with Crippen LogP contribution in [-0.4, -0.2) is 0 Å².